The van der Waals surface area contributed by atoms with Crippen molar-refractivity contribution < 1.29 is 22.8 Å². The van der Waals surface area contributed by atoms with E-state index in [1.165, 1.54) is 18.3 Å². The highest BCUT2D eigenvalue weighted by Crippen LogP contribution is 2.31. The van der Waals surface area contributed by atoms with Gasteiger partial charge in [0.05, 0.1) is 22.3 Å². The standard InChI is InChI=1S/C36H34F3N5O2/c1-2-3-7-20-41-35(46)33(25-9-5-4-6-10-25)42-23-24-12-18-30-27(22-24)15-19-31(43-30)44-34(45)29-11-8-21-40-32(29)26-13-16-28(17-14-26)36(37,38)39/h4-6,8-19,21-22,33,42H,2-3,7,20,23H2,1H3,(H,41,46)(H,43,44,45)/t33-/m0/s1. The van der Waals surface area contributed by atoms with Gasteiger partial charge in [-0.05, 0) is 66.1 Å². The molecule has 2 heterocycles. The Hall–Kier alpha value is -5.09. The number of fused-ring (bicyclic) bond motifs is 1. The Morgan fingerprint density at radius 3 is 2.39 bits per heavy atom. The number of carbonyl (C=O) groups excluding carboxylic acids is 2. The molecule has 2 aromatic heterocycles. The number of alkyl halides is 3. The van der Waals surface area contributed by atoms with Crippen LogP contribution in [0.15, 0.2) is 103 Å². The van der Waals surface area contributed by atoms with E-state index in [0.29, 0.717) is 30.0 Å². The first-order valence-corrected chi connectivity index (χ1v) is 15.1. The number of pyridine rings is 2. The molecule has 5 aromatic rings. The fourth-order valence-corrected chi connectivity index (χ4v) is 5.09. The molecule has 1 atom stereocenters. The lowest BCUT2D eigenvalue weighted by Crippen LogP contribution is -2.37. The van der Waals surface area contributed by atoms with E-state index in [1.807, 2.05) is 54.6 Å². The molecule has 0 aliphatic carbocycles. The highest BCUT2D eigenvalue weighted by atomic mass is 19.4. The molecule has 0 aliphatic heterocycles. The lowest BCUT2D eigenvalue weighted by molar-refractivity contribution is -0.137. The number of hydrogen-bond acceptors (Lipinski definition) is 5. The second kappa shape index (κ2) is 14.8. The number of nitrogens with one attached hydrogen (secondary N) is 3. The minimum absolute atomic E-state index is 0.0692. The van der Waals surface area contributed by atoms with Gasteiger partial charge in [-0.3, -0.25) is 19.9 Å². The summed E-state index contributed by atoms with van der Waals surface area (Å²) in [4.78, 5) is 35.1. The number of nitrogens with zero attached hydrogens (tertiary/aromatic N) is 2. The zero-order chi connectivity index (χ0) is 32.5. The molecular weight excluding hydrogens is 591 g/mol. The van der Waals surface area contributed by atoms with Gasteiger partial charge >= 0.3 is 6.18 Å². The first kappa shape index (κ1) is 32.3. The maximum atomic E-state index is 13.2. The smallest absolute Gasteiger partial charge is 0.354 e. The Kier molecular flexibility index (Phi) is 10.4. The van der Waals surface area contributed by atoms with Crippen LogP contribution in [0.5, 0.6) is 0 Å². The normalized spacial score (nSPS) is 12.1. The van der Waals surface area contributed by atoms with Crippen LogP contribution >= 0.6 is 0 Å². The molecule has 2 amide bonds. The zero-order valence-corrected chi connectivity index (χ0v) is 25.3. The van der Waals surface area contributed by atoms with E-state index in [0.717, 1.165) is 47.9 Å². The average molecular weight is 626 g/mol. The first-order chi connectivity index (χ1) is 22.2. The number of hydrogen-bond donors (Lipinski definition) is 3. The molecule has 0 bridgehead atoms. The Bertz CT molecular complexity index is 1790. The van der Waals surface area contributed by atoms with Crippen LogP contribution in [-0.2, 0) is 17.5 Å². The van der Waals surface area contributed by atoms with Crippen LogP contribution in [-0.4, -0.2) is 28.3 Å². The van der Waals surface area contributed by atoms with E-state index in [2.05, 4.69) is 32.8 Å². The molecule has 0 unspecified atom stereocenters. The fraction of sp³-hybridized carbons (Fsp3) is 0.222. The third-order valence-corrected chi connectivity index (χ3v) is 7.52. The van der Waals surface area contributed by atoms with E-state index < -0.39 is 23.7 Å². The summed E-state index contributed by atoms with van der Waals surface area (Å²) in [6, 6.07) is 26.0. The van der Waals surface area contributed by atoms with Crippen LogP contribution in [0, 0.1) is 0 Å². The molecule has 0 aliphatic rings. The highest BCUT2D eigenvalue weighted by molar-refractivity contribution is 6.08. The van der Waals surface area contributed by atoms with E-state index in [9.17, 15) is 22.8 Å². The van der Waals surface area contributed by atoms with Crippen molar-refractivity contribution in [1.29, 1.82) is 0 Å². The van der Waals surface area contributed by atoms with Crippen molar-refractivity contribution >= 4 is 28.5 Å². The van der Waals surface area contributed by atoms with Crippen LogP contribution in [0.1, 0.15) is 59.3 Å². The second-order valence-corrected chi connectivity index (χ2v) is 10.9. The predicted molar refractivity (Wildman–Crippen MR) is 173 cm³/mol. The van der Waals surface area contributed by atoms with Gasteiger partial charge in [0.1, 0.15) is 11.9 Å². The molecule has 236 valence electrons. The molecule has 7 nitrogen and oxygen atoms in total. The Morgan fingerprint density at radius 1 is 0.870 bits per heavy atom. The van der Waals surface area contributed by atoms with Crippen molar-refractivity contribution in [3.05, 3.63) is 126 Å². The molecule has 0 spiro atoms. The summed E-state index contributed by atoms with van der Waals surface area (Å²) in [5.74, 6) is -0.245. The van der Waals surface area contributed by atoms with E-state index >= 15 is 0 Å². The number of unbranched alkanes of at least 4 members (excludes halogenated alkanes) is 2. The monoisotopic (exact) mass is 625 g/mol. The highest BCUT2D eigenvalue weighted by Gasteiger charge is 2.30. The molecule has 10 heteroatoms. The zero-order valence-electron chi connectivity index (χ0n) is 25.3. The van der Waals surface area contributed by atoms with Crippen LogP contribution < -0.4 is 16.0 Å². The molecule has 3 aromatic carbocycles. The quantitative estimate of drug-likeness (QED) is 0.124. The van der Waals surface area contributed by atoms with Gasteiger partial charge in [0, 0.05) is 30.2 Å². The van der Waals surface area contributed by atoms with E-state index in [4.69, 9.17) is 0 Å². The van der Waals surface area contributed by atoms with Gasteiger partial charge in [0.15, 0.2) is 0 Å². The maximum absolute atomic E-state index is 13.2. The molecular formula is C36H34F3N5O2. The van der Waals surface area contributed by atoms with Gasteiger partial charge in [-0.15, -0.1) is 0 Å². The molecule has 0 fully saturated rings. The summed E-state index contributed by atoms with van der Waals surface area (Å²) in [5.41, 5.74) is 2.56. The van der Waals surface area contributed by atoms with Gasteiger partial charge in [-0.25, -0.2) is 4.98 Å². The predicted octanol–water partition coefficient (Wildman–Crippen LogP) is 7.71. The van der Waals surface area contributed by atoms with Gasteiger partial charge in [0.25, 0.3) is 5.91 Å². The Morgan fingerprint density at radius 2 is 1.65 bits per heavy atom. The lowest BCUT2D eigenvalue weighted by atomic mass is 10.0. The maximum Gasteiger partial charge on any atom is 0.416 e. The average Bonchev–Trinajstić information content (AvgIpc) is 3.07. The van der Waals surface area contributed by atoms with Crippen LogP contribution in [0.25, 0.3) is 22.2 Å². The van der Waals surface area contributed by atoms with Crippen molar-refractivity contribution in [2.24, 2.45) is 0 Å². The minimum atomic E-state index is -4.46. The summed E-state index contributed by atoms with van der Waals surface area (Å²) in [5, 5.41) is 10.1. The van der Waals surface area contributed by atoms with Gasteiger partial charge in [-0.1, -0.05) is 68.3 Å². The molecule has 3 N–H and O–H groups in total. The minimum Gasteiger partial charge on any atom is -0.354 e. The molecule has 0 saturated heterocycles. The topological polar surface area (TPSA) is 96.0 Å². The lowest BCUT2D eigenvalue weighted by Gasteiger charge is -2.19. The molecule has 0 radical (unpaired) electrons. The number of amides is 2. The number of benzene rings is 3. The van der Waals surface area contributed by atoms with Crippen molar-refractivity contribution in [2.75, 3.05) is 11.9 Å². The van der Waals surface area contributed by atoms with Gasteiger partial charge in [-0.2, -0.15) is 13.2 Å². The summed E-state index contributed by atoms with van der Waals surface area (Å²) < 4.78 is 39.1. The largest absolute Gasteiger partial charge is 0.416 e. The Balaban J connectivity index is 1.27. The van der Waals surface area contributed by atoms with Crippen molar-refractivity contribution in [3.63, 3.8) is 0 Å². The van der Waals surface area contributed by atoms with Crippen LogP contribution in [0.2, 0.25) is 0 Å². The Labute approximate surface area is 265 Å². The number of anilines is 1. The number of aromatic nitrogens is 2. The van der Waals surface area contributed by atoms with E-state index in [-0.39, 0.29) is 17.2 Å². The third-order valence-electron chi connectivity index (χ3n) is 7.52. The first-order valence-electron chi connectivity index (χ1n) is 15.1. The van der Waals surface area contributed by atoms with Gasteiger partial charge < -0.3 is 10.6 Å². The third kappa shape index (κ3) is 8.13. The summed E-state index contributed by atoms with van der Waals surface area (Å²) >= 11 is 0. The number of rotatable bonds is 12. The summed E-state index contributed by atoms with van der Waals surface area (Å²) in [6.07, 6.45) is 0.0985. The molecule has 5 rings (SSSR count). The number of halogens is 3. The van der Waals surface area contributed by atoms with E-state index in [1.54, 1.807) is 18.2 Å². The molecule has 0 saturated carbocycles. The van der Waals surface area contributed by atoms with Crippen molar-refractivity contribution in [2.45, 2.75) is 44.9 Å². The SMILES string of the molecule is CCCCCNC(=O)[C@@H](NCc1ccc2nc(NC(=O)c3cccnc3-c3ccc(C(F)(F)F)cc3)ccc2c1)c1ccccc1. The summed E-state index contributed by atoms with van der Waals surface area (Å²) in [6.45, 7) is 3.21. The van der Waals surface area contributed by atoms with Crippen molar-refractivity contribution in [3.8, 4) is 11.3 Å². The van der Waals surface area contributed by atoms with Crippen LogP contribution in [0.4, 0.5) is 19.0 Å². The fourth-order valence-electron chi connectivity index (χ4n) is 5.09. The number of carbonyl (C=O) groups is 2. The van der Waals surface area contributed by atoms with Crippen LogP contribution in [0.3, 0.4) is 0 Å². The molecule has 46 heavy (non-hydrogen) atoms. The van der Waals surface area contributed by atoms with Gasteiger partial charge in [0.2, 0.25) is 5.91 Å². The van der Waals surface area contributed by atoms with Crippen molar-refractivity contribution in [1.82, 2.24) is 20.6 Å². The summed E-state index contributed by atoms with van der Waals surface area (Å²) in [7, 11) is 0. The second-order valence-electron chi connectivity index (χ2n) is 10.9.